The van der Waals surface area contributed by atoms with Gasteiger partial charge in [-0.1, -0.05) is 37.1 Å². The summed E-state index contributed by atoms with van der Waals surface area (Å²) < 4.78 is 11.6. The highest BCUT2D eigenvalue weighted by Crippen LogP contribution is 2.24. The van der Waals surface area contributed by atoms with Crippen molar-refractivity contribution in [1.29, 1.82) is 0 Å². The Kier molecular flexibility index (Phi) is 8.14. The fourth-order valence-corrected chi connectivity index (χ4v) is 3.99. The number of carbonyl (C=O) groups excluding carboxylic acids is 2. The molecule has 0 aliphatic heterocycles. The zero-order chi connectivity index (χ0) is 23.1. The summed E-state index contributed by atoms with van der Waals surface area (Å²) in [4.78, 5) is 26.1. The molecule has 0 bridgehead atoms. The quantitative estimate of drug-likeness (QED) is 0.625. The van der Waals surface area contributed by atoms with Crippen molar-refractivity contribution in [3.63, 3.8) is 0 Å². The number of carbonyl (C=O) groups is 2. The van der Waals surface area contributed by atoms with Gasteiger partial charge in [0.05, 0.1) is 23.3 Å². The molecule has 0 aromatic heterocycles. The van der Waals surface area contributed by atoms with Crippen molar-refractivity contribution in [2.75, 3.05) is 0 Å². The number of rotatable bonds is 8. The number of benzene rings is 2. The molecule has 2 N–H and O–H groups in total. The molecule has 6 nitrogen and oxygen atoms in total. The summed E-state index contributed by atoms with van der Waals surface area (Å²) in [5.74, 6) is 0.763. The van der Waals surface area contributed by atoms with Gasteiger partial charge in [-0.3, -0.25) is 9.59 Å². The molecule has 0 radical (unpaired) electrons. The predicted octanol–water partition coefficient (Wildman–Crippen LogP) is 4.73. The average Bonchev–Trinajstić information content (AvgIpc) is 2.75. The second-order valence-electron chi connectivity index (χ2n) is 8.77. The van der Waals surface area contributed by atoms with E-state index in [2.05, 4.69) is 10.6 Å². The van der Waals surface area contributed by atoms with Gasteiger partial charge in [-0.05, 0) is 64.8 Å². The van der Waals surface area contributed by atoms with Crippen molar-refractivity contribution in [3.05, 3.63) is 59.7 Å². The van der Waals surface area contributed by atoms with Crippen LogP contribution in [0.2, 0.25) is 0 Å². The lowest BCUT2D eigenvalue weighted by molar-refractivity contribution is 0.0856. The Bertz CT molecular complexity index is 850. The topological polar surface area (TPSA) is 76.7 Å². The van der Waals surface area contributed by atoms with Gasteiger partial charge < -0.3 is 20.1 Å². The third-order valence-corrected chi connectivity index (χ3v) is 5.39. The summed E-state index contributed by atoms with van der Waals surface area (Å²) in [6.45, 7) is 7.73. The molecule has 6 heteroatoms. The van der Waals surface area contributed by atoms with Crippen LogP contribution in [0, 0.1) is 0 Å². The third kappa shape index (κ3) is 6.25. The Hall–Kier alpha value is -3.02. The van der Waals surface area contributed by atoms with Crippen LogP contribution < -0.4 is 20.1 Å². The monoisotopic (exact) mass is 438 g/mol. The summed E-state index contributed by atoms with van der Waals surface area (Å²) in [6, 6.07) is 14.2. The summed E-state index contributed by atoms with van der Waals surface area (Å²) in [7, 11) is 0. The molecule has 2 amide bonds. The number of ether oxygens (including phenoxy) is 2. The Morgan fingerprint density at radius 1 is 0.719 bits per heavy atom. The minimum absolute atomic E-state index is 0.0289. The van der Waals surface area contributed by atoms with Crippen molar-refractivity contribution >= 4 is 11.8 Å². The van der Waals surface area contributed by atoms with Gasteiger partial charge in [0, 0.05) is 12.1 Å². The number of para-hydroxylation sites is 2. The molecule has 2 aromatic rings. The molecule has 172 valence electrons. The summed E-state index contributed by atoms with van der Waals surface area (Å²) in [5, 5.41) is 6.28. The van der Waals surface area contributed by atoms with E-state index >= 15 is 0 Å². The standard InChI is InChI=1S/C26H34N2O4/c1-17(2)31-23-15-9-5-11-19(23)25(29)27-21-13-7-8-14-22(21)28-26(30)20-12-6-10-16-24(20)32-18(3)4/h5-6,9-12,15-18,21-22H,7-8,13-14H2,1-4H3,(H,27,29)(H,28,30). The van der Waals surface area contributed by atoms with Gasteiger partial charge in [0.2, 0.25) is 0 Å². The van der Waals surface area contributed by atoms with Crippen LogP contribution in [0.4, 0.5) is 0 Å². The number of hydrogen-bond donors (Lipinski definition) is 2. The smallest absolute Gasteiger partial charge is 0.255 e. The van der Waals surface area contributed by atoms with E-state index in [-0.39, 0.29) is 36.1 Å². The number of nitrogens with one attached hydrogen (secondary N) is 2. The van der Waals surface area contributed by atoms with Gasteiger partial charge in [0.1, 0.15) is 11.5 Å². The SMILES string of the molecule is CC(C)Oc1ccccc1C(=O)NC1CCCCC1NC(=O)c1ccccc1OC(C)C. The number of amides is 2. The van der Waals surface area contributed by atoms with Crippen LogP contribution in [-0.4, -0.2) is 36.1 Å². The highest BCUT2D eigenvalue weighted by atomic mass is 16.5. The maximum absolute atomic E-state index is 13.1. The molecule has 0 spiro atoms. The molecule has 32 heavy (non-hydrogen) atoms. The molecular formula is C26H34N2O4. The molecule has 2 atom stereocenters. The first-order valence-corrected chi connectivity index (χ1v) is 11.5. The molecule has 3 rings (SSSR count). The lowest BCUT2D eigenvalue weighted by Gasteiger charge is -2.33. The van der Waals surface area contributed by atoms with Gasteiger partial charge in [0.15, 0.2) is 0 Å². The lowest BCUT2D eigenvalue weighted by atomic mass is 9.89. The van der Waals surface area contributed by atoms with E-state index in [0.717, 1.165) is 25.7 Å². The Labute approximate surface area is 190 Å². The molecule has 1 fully saturated rings. The zero-order valence-electron chi connectivity index (χ0n) is 19.4. The third-order valence-electron chi connectivity index (χ3n) is 5.39. The molecule has 2 aromatic carbocycles. The second-order valence-corrected chi connectivity index (χ2v) is 8.77. The first kappa shape index (κ1) is 23.6. The maximum Gasteiger partial charge on any atom is 0.255 e. The van der Waals surface area contributed by atoms with Crippen molar-refractivity contribution in [2.45, 2.75) is 77.7 Å². The van der Waals surface area contributed by atoms with Crippen molar-refractivity contribution < 1.29 is 19.1 Å². The average molecular weight is 439 g/mol. The molecule has 2 unspecified atom stereocenters. The van der Waals surface area contributed by atoms with Crippen LogP contribution in [0.3, 0.4) is 0 Å². The van der Waals surface area contributed by atoms with E-state index < -0.39 is 0 Å². The van der Waals surface area contributed by atoms with Gasteiger partial charge >= 0.3 is 0 Å². The predicted molar refractivity (Wildman–Crippen MR) is 125 cm³/mol. The van der Waals surface area contributed by atoms with Gasteiger partial charge in [-0.15, -0.1) is 0 Å². The van der Waals surface area contributed by atoms with E-state index in [1.807, 2.05) is 52.0 Å². The minimum Gasteiger partial charge on any atom is -0.490 e. The van der Waals surface area contributed by atoms with Crippen LogP contribution in [0.15, 0.2) is 48.5 Å². The highest BCUT2D eigenvalue weighted by molar-refractivity contribution is 5.98. The molecule has 1 aliphatic rings. The van der Waals surface area contributed by atoms with Crippen LogP contribution in [-0.2, 0) is 0 Å². The molecule has 1 saturated carbocycles. The fraction of sp³-hybridized carbons (Fsp3) is 0.462. The number of hydrogen-bond acceptors (Lipinski definition) is 4. The molecule has 0 heterocycles. The van der Waals surface area contributed by atoms with Gasteiger partial charge in [-0.25, -0.2) is 0 Å². The fourth-order valence-electron chi connectivity index (χ4n) is 3.99. The highest BCUT2D eigenvalue weighted by Gasteiger charge is 2.29. The molecule has 0 saturated heterocycles. The second kappa shape index (κ2) is 11.0. The van der Waals surface area contributed by atoms with E-state index in [9.17, 15) is 9.59 Å². The van der Waals surface area contributed by atoms with Crippen molar-refractivity contribution in [1.82, 2.24) is 10.6 Å². The van der Waals surface area contributed by atoms with Crippen LogP contribution in [0.1, 0.15) is 74.1 Å². The van der Waals surface area contributed by atoms with Crippen molar-refractivity contribution in [2.24, 2.45) is 0 Å². The van der Waals surface area contributed by atoms with Crippen molar-refractivity contribution in [3.8, 4) is 11.5 Å². The van der Waals surface area contributed by atoms with E-state index in [1.165, 1.54) is 0 Å². The molecular weight excluding hydrogens is 404 g/mol. The van der Waals surface area contributed by atoms with Gasteiger partial charge in [0.25, 0.3) is 11.8 Å². The van der Waals surface area contributed by atoms with E-state index in [0.29, 0.717) is 22.6 Å². The first-order chi connectivity index (χ1) is 15.3. The maximum atomic E-state index is 13.1. The lowest BCUT2D eigenvalue weighted by Crippen LogP contribution is -2.53. The summed E-state index contributed by atoms with van der Waals surface area (Å²) in [6.07, 6.45) is 3.59. The first-order valence-electron chi connectivity index (χ1n) is 11.5. The Morgan fingerprint density at radius 2 is 1.09 bits per heavy atom. The molecule has 1 aliphatic carbocycles. The normalized spacial score (nSPS) is 18.3. The minimum atomic E-state index is -0.184. The van der Waals surface area contributed by atoms with Crippen LogP contribution in [0.5, 0.6) is 11.5 Å². The van der Waals surface area contributed by atoms with Crippen LogP contribution in [0.25, 0.3) is 0 Å². The van der Waals surface area contributed by atoms with E-state index in [4.69, 9.17) is 9.47 Å². The Morgan fingerprint density at radius 3 is 1.47 bits per heavy atom. The largest absolute Gasteiger partial charge is 0.490 e. The van der Waals surface area contributed by atoms with Gasteiger partial charge in [-0.2, -0.15) is 0 Å². The summed E-state index contributed by atoms with van der Waals surface area (Å²) >= 11 is 0. The van der Waals surface area contributed by atoms with E-state index in [1.54, 1.807) is 24.3 Å². The zero-order valence-corrected chi connectivity index (χ0v) is 19.4. The van der Waals surface area contributed by atoms with Crippen LogP contribution >= 0.6 is 0 Å². The summed E-state index contributed by atoms with van der Waals surface area (Å²) in [5.41, 5.74) is 1.01. The Balaban J connectivity index is 1.72.